The molecular formula is C15H28N2O. The number of carbonyl (C=O) groups is 1. The van der Waals surface area contributed by atoms with Crippen LogP contribution in [0.25, 0.3) is 0 Å². The predicted octanol–water partition coefficient (Wildman–Crippen LogP) is 2.54. The highest BCUT2D eigenvalue weighted by Gasteiger charge is 2.44. The lowest BCUT2D eigenvalue weighted by Gasteiger charge is -2.39. The van der Waals surface area contributed by atoms with E-state index >= 15 is 0 Å². The van der Waals surface area contributed by atoms with Gasteiger partial charge in [-0.25, -0.2) is 0 Å². The van der Waals surface area contributed by atoms with E-state index in [1.165, 1.54) is 12.8 Å². The first kappa shape index (κ1) is 13.9. The first-order valence-electron chi connectivity index (χ1n) is 7.58. The van der Waals surface area contributed by atoms with Crippen molar-refractivity contribution >= 4 is 5.91 Å². The smallest absolute Gasteiger partial charge is 0.228 e. The molecule has 3 nitrogen and oxygen atoms in total. The Bertz CT molecular complexity index is 295. The molecule has 2 aliphatic rings. The van der Waals surface area contributed by atoms with Crippen LogP contribution in [0.1, 0.15) is 58.8 Å². The van der Waals surface area contributed by atoms with Crippen LogP contribution >= 0.6 is 0 Å². The van der Waals surface area contributed by atoms with Gasteiger partial charge in [0.1, 0.15) is 0 Å². The van der Waals surface area contributed by atoms with Crippen LogP contribution in [0.3, 0.4) is 0 Å². The van der Waals surface area contributed by atoms with E-state index in [0.717, 1.165) is 45.2 Å². The minimum absolute atomic E-state index is 0.0504. The van der Waals surface area contributed by atoms with Gasteiger partial charge in [-0.15, -0.1) is 0 Å². The first-order chi connectivity index (χ1) is 8.53. The minimum atomic E-state index is -0.0504. The summed E-state index contributed by atoms with van der Waals surface area (Å²) in [4.78, 5) is 14.9. The Kier molecular flexibility index (Phi) is 4.31. The first-order valence-corrected chi connectivity index (χ1v) is 7.58. The monoisotopic (exact) mass is 252 g/mol. The van der Waals surface area contributed by atoms with Gasteiger partial charge in [-0.05, 0) is 38.0 Å². The van der Waals surface area contributed by atoms with Crippen molar-refractivity contribution in [1.29, 1.82) is 0 Å². The van der Waals surface area contributed by atoms with Crippen LogP contribution < -0.4 is 5.73 Å². The lowest BCUT2D eigenvalue weighted by Crippen LogP contribution is -2.51. The molecule has 1 unspecified atom stereocenters. The summed E-state index contributed by atoms with van der Waals surface area (Å²) in [6.45, 7) is 6.16. The van der Waals surface area contributed by atoms with Crippen molar-refractivity contribution in [3.8, 4) is 0 Å². The van der Waals surface area contributed by atoms with E-state index in [0.29, 0.717) is 11.8 Å². The normalized spacial score (nSPS) is 27.8. The minimum Gasteiger partial charge on any atom is -0.341 e. The molecule has 2 rings (SSSR count). The molecule has 2 N–H and O–H groups in total. The highest BCUT2D eigenvalue weighted by molar-refractivity contribution is 5.83. The Morgan fingerprint density at radius 3 is 2.56 bits per heavy atom. The summed E-state index contributed by atoms with van der Waals surface area (Å²) in [5, 5.41) is 0. The molecule has 1 aliphatic heterocycles. The number of carbonyl (C=O) groups excluding carboxylic acids is 1. The summed E-state index contributed by atoms with van der Waals surface area (Å²) in [7, 11) is 0. The molecule has 1 saturated heterocycles. The average molecular weight is 252 g/mol. The van der Waals surface area contributed by atoms with Crippen molar-refractivity contribution in [1.82, 2.24) is 4.90 Å². The summed E-state index contributed by atoms with van der Waals surface area (Å²) in [6.07, 6.45) is 7.82. The quantitative estimate of drug-likeness (QED) is 0.839. The Balaban J connectivity index is 2.08. The molecule has 18 heavy (non-hydrogen) atoms. The van der Waals surface area contributed by atoms with Crippen molar-refractivity contribution < 1.29 is 4.79 Å². The van der Waals surface area contributed by atoms with Gasteiger partial charge in [-0.1, -0.05) is 26.7 Å². The topological polar surface area (TPSA) is 46.3 Å². The summed E-state index contributed by atoms with van der Waals surface area (Å²) < 4.78 is 0. The zero-order valence-electron chi connectivity index (χ0n) is 12.0. The Labute approximate surface area is 111 Å². The van der Waals surface area contributed by atoms with Crippen molar-refractivity contribution in [2.24, 2.45) is 17.1 Å². The fourth-order valence-corrected chi connectivity index (χ4v) is 3.87. The fourth-order valence-electron chi connectivity index (χ4n) is 3.87. The molecule has 0 aromatic carbocycles. The number of rotatable bonds is 3. The molecule has 1 aliphatic carbocycles. The van der Waals surface area contributed by atoms with Gasteiger partial charge in [0.15, 0.2) is 0 Å². The Morgan fingerprint density at radius 2 is 2.00 bits per heavy atom. The predicted molar refractivity (Wildman–Crippen MR) is 74.1 cm³/mol. The maximum absolute atomic E-state index is 12.9. The van der Waals surface area contributed by atoms with E-state index in [2.05, 4.69) is 18.7 Å². The van der Waals surface area contributed by atoms with Crippen LogP contribution in [-0.2, 0) is 4.79 Å². The Morgan fingerprint density at radius 1 is 1.33 bits per heavy atom. The molecule has 0 bridgehead atoms. The van der Waals surface area contributed by atoms with Crippen LogP contribution in [0.5, 0.6) is 0 Å². The number of hydrogen-bond donors (Lipinski definition) is 1. The van der Waals surface area contributed by atoms with E-state index in [9.17, 15) is 4.79 Å². The molecule has 1 atom stereocenters. The van der Waals surface area contributed by atoms with Gasteiger partial charge in [0.2, 0.25) is 5.91 Å². The van der Waals surface area contributed by atoms with Gasteiger partial charge < -0.3 is 10.6 Å². The van der Waals surface area contributed by atoms with Gasteiger partial charge in [-0.3, -0.25) is 4.79 Å². The van der Waals surface area contributed by atoms with Gasteiger partial charge in [0.25, 0.3) is 0 Å². The molecule has 1 heterocycles. The molecule has 3 heteroatoms. The van der Waals surface area contributed by atoms with Crippen LogP contribution in [0.2, 0.25) is 0 Å². The summed E-state index contributed by atoms with van der Waals surface area (Å²) in [5.41, 5.74) is 5.96. The molecule has 0 aromatic rings. The van der Waals surface area contributed by atoms with Crippen LogP contribution in [-0.4, -0.2) is 29.9 Å². The SMILES string of the molecule is CC(C)CC1(C(=O)N2CCCC(N)C2)CCCC1. The zero-order chi connectivity index (χ0) is 13.2. The number of hydrogen-bond acceptors (Lipinski definition) is 2. The van der Waals surface area contributed by atoms with Crippen molar-refractivity contribution in [3.63, 3.8) is 0 Å². The second-order valence-electron chi connectivity index (χ2n) is 6.74. The number of amides is 1. The van der Waals surface area contributed by atoms with Gasteiger partial charge in [0, 0.05) is 24.5 Å². The molecule has 1 saturated carbocycles. The van der Waals surface area contributed by atoms with Gasteiger partial charge >= 0.3 is 0 Å². The molecule has 0 radical (unpaired) electrons. The third kappa shape index (κ3) is 2.87. The van der Waals surface area contributed by atoms with E-state index in [1.54, 1.807) is 0 Å². The lowest BCUT2D eigenvalue weighted by molar-refractivity contribution is -0.144. The standard InChI is InChI=1S/C15H28N2O/c1-12(2)10-15(7-3-4-8-15)14(18)17-9-5-6-13(16)11-17/h12-13H,3-11,16H2,1-2H3. The van der Waals surface area contributed by atoms with E-state index in [1.807, 2.05) is 0 Å². The highest BCUT2D eigenvalue weighted by Crippen LogP contribution is 2.44. The number of piperidine rings is 1. The zero-order valence-corrected chi connectivity index (χ0v) is 12.0. The largest absolute Gasteiger partial charge is 0.341 e. The summed E-state index contributed by atoms with van der Waals surface area (Å²) >= 11 is 0. The molecular weight excluding hydrogens is 224 g/mol. The molecule has 0 aromatic heterocycles. The molecule has 0 spiro atoms. The molecule has 2 fully saturated rings. The molecule has 104 valence electrons. The van der Waals surface area contributed by atoms with Crippen LogP contribution in [0.15, 0.2) is 0 Å². The average Bonchev–Trinajstić information content (AvgIpc) is 2.77. The van der Waals surface area contributed by atoms with Crippen molar-refractivity contribution in [3.05, 3.63) is 0 Å². The fraction of sp³-hybridized carbons (Fsp3) is 0.933. The van der Waals surface area contributed by atoms with Crippen LogP contribution in [0, 0.1) is 11.3 Å². The number of likely N-dealkylation sites (tertiary alicyclic amines) is 1. The van der Waals surface area contributed by atoms with Crippen molar-refractivity contribution in [2.45, 2.75) is 64.8 Å². The highest BCUT2D eigenvalue weighted by atomic mass is 16.2. The van der Waals surface area contributed by atoms with E-state index in [4.69, 9.17) is 5.73 Å². The van der Waals surface area contributed by atoms with Gasteiger partial charge in [-0.2, -0.15) is 0 Å². The van der Waals surface area contributed by atoms with Gasteiger partial charge in [0.05, 0.1) is 0 Å². The van der Waals surface area contributed by atoms with Crippen molar-refractivity contribution in [2.75, 3.05) is 13.1 Å². The third-order valence-corrected chi connectivity index (χ3v) is 4.56. The maximum atomic E-state index is 12.9. The second kappa shape index (κ2) is 5.60. The number of nitrogens with zero attached hydrogens (tertiary/aromatic N) is 1. The maximum Gasteiger partial charge on any atom is 0.228 e. The van der Waals surface area contributed by atoms with E-state index < -0.39 is 0 Å². The summed E-state index contributed by atoms with van der Waals surface area (Å²) in [5.74, 6) is 1.01. The third-order valence-electron chi connectivity index (χ3n) is 4.56. The van der Waals surface area contributed by atoms with E-state index in [-0.39, 0.29) is 11.5 Å². The second-order valence-corrected chi connectivity index (χ2v) is 6.74. The molecule has 1 amide bonds. The Hall–Kier alpha value is -0.570. The number of nitrogens with two attached hydrogens (primary N) is 1. The summed E-state index contributed by atoms with van der Waals surface area (Å²) in [6, 6.07) is 0.195. The van der Waals surface area contributed by atoms with Crippen LogP contribution in [0.4, 0.5) is 0 Å². The lowest BCUT2D eigenvalue weighted by atomic mass is 9.77.